The fourth-order valence-electron chi connectivity index (χ4n) is 0.580. The number of carbonyl (C=O) groups excluding carboxylic acids is 1. The summed E-state index contributed by atoms with van der Waals surface area (Å²) in [5.41, 5.74) is 0.317. The molecule has 4 heteroatoms. The summed E-state index contributed by atoms with van der Waals surface area (Å²) < 4.78 is 4.14. The van der Waals surface area contributed by atoms with Crippen LogP contribution in [0.5, 0.6) is 0 Å². The Bertz CT molecular complexity index is 231. The molecule has 0 atom stereocenters. The number of hydrogen-bond donors (Lipinski definition) is 1. The molecule has 15 heavy (non-hydrogen) atoms. The third kappa shape index (κ3) is 12.4. The number of carbonyl (C=O) groups is 2. The topological polar surface area (TPSA) is 63.6 Å². The molecule has 86 valence electrons. The Balaban J connectivity index is 0. The normalized spacial score (nSPS) is 8.13. The van der Waals surface area contributed by atoms with Crippen LogP contribution < -0.4 is 0 Å². The molecule has 0 bridgehead atoms. The van der Waals surface area contributed by atoms with E-state index in [0.29, 0.717) is 12.0 Å². The quantitative estimate of drug-likeness (QED) is 0.562. The lowest BCUT2D eigenvalue weighted by Gasteiger charge is -1.95. The molecule has 0 aliphatic rings. The molecule has 0 heterocycles. The summed E-state index contributed by atoms with van der Waals surface area (Å²) in [7, 11) is 1.31. The van der Waals surface area contributed by atoms with E-state index in [-0.39, 0.29) is 0 Å². The van der Waals surface area contributed by atoms with E-state index in [9.17, 15) is 9.59 Å². The van der Waals surface area contributed by atoms with Gasteiger partial charge in [-0.1, -0.05) is 26.5 Å². The average Bonchev–Trinajstić information content (AvgIpc) is 2.25. The van der Waals surface area contributed by atoms with Crippen molar-refractivity contribution in [2.75, 3.05) is 7.11 Å². The van der Waals surface area contributed by atoms with Crippen molar-refractivity contribution in [3.05, 3.63) is 24.8 Å². The predicted octanol–water partition coefficient (Wildman–Crippen LogP) is 2.16. The third-order valence-electron chi connectivity index (χ3n) is 1.50. The minimum atomic E-state index is -0.872. The second kappa shape index (κ2) is 10.5. The van der Waals surface area contributed by atoms with Crippen LogP contribution in [0.3, 0.4) is 0 Å². The molecule has 0 rings (SSSR count). The zero-order chi connectivity index (χ0) is 12.3. The molecule has 0 aromatic heterocycles. The Morgan fingerprint density at radius 2 is 2.00 bits per heavy atom. The summed E-state index contributed by atoms with van der Waals surface area (Å²) in [6.45, 7) is 8.57. The van der Waals surface area contributed by atoms with E-state index in [2.05, 4.69) is 17.9 Å². The van der Waals surface area contributed by atoms with Gasteiger partial charge in [-0.2, -0.15) is 0 Å². The first kappa shape index (κ1) is 15.9. The Morgan fingerprint density at radius 1 is 1.47 bits per heavy atom. The van der Waals surface area contributed by atoms with Gasteiger partial charge >= 0.3 is 11.9 Å². The summed E-state index contributed by atoms with van der Waals surface area (Å²) in [4.78, 5) is 19.9. The van der Waals surface area contributed by atoms with Crippen LogP contribution in [0.1, 0.15) is 26.2 Å². The van der Waals surface area contributed by atoms with E-state index in [1.807, 2.05) is 6.92 Å². The molecular weight excluding hydrogens is 196 g/mol. The molecule has 0 aromatic carbocycles. The summed E-state index contributed by atoms with van der Waals surface area (Å²) >= 11 is 0. The number of esters is 1. The van der Waals surface area contributed by atoms with Crippen molar-refractivity contribution < 1.29 is 19.4 Å². The molecule has 0 aliphatic heterocycles. The Hall–Kier alpha value is -1.58. The maximum atomic E-state index is 10.1. The highest BCUT2D eigenvalue weighted by Crippen LogP contribution is 2.03. The van der Waals surface area contributed by atoms with E-state index < -0.39 is 11.9 Å². The molecule has 0 amide bonds. The highest BCUT2D eigenvalue weighted by atomic mass is 16.5. The van der Waals surface area contributed by atoms with Crippen LogP contribution in [0.4, 0.5) is 0 Å². The lowest BCUT2D eigenvalue weighted by molar-refractivity contribution is -0.135. The van der Waals surface area contributed by atoms with Gasteiger partial charge in [-0.25, -0.2) is 9.59 Å². The van der Waals surface area contributed by atoms with Crippen LogP contribution in [-0.4, -0.2) is 24.2 Å². The highest BCUT2D eigenvalue weighted by Gasteiger charge is 2.00. The smallest absolute Gasteiger partial charge is 0.330 e. The monoisotopic (exact) mass is 214 g/mol. The largest absolute Gasteiger partial charge is 0.478 e. The van der Waals surface area contributed by atoms with E-state index >= 15 is 0 Å². The number of rotatable bonds is 5. The third-order valence-corrected chi connectivity index (χ3v) is 1.50. The van der Waals surface area contributed by atoms with Crippen molar-refractivity contribution in [1.82, 2.24) is 0 Å². The Morgan fingerprint density at radius 3 is 2.20 bits per heavy atom. The Kier molecular flexibility index (Phi) is 11.1. The van der Waals surface area contributed by atoms with Crippen LogP contribution in [0.25, 0.3) is 0 Å². The number of carboxylic acid groups (broad SMARTS) is 1. The van der Waals surface area contributed by atoms with Gasteiger partial charge in [0.15, 0.2) is 0 Å². The molecule has 0 saturated heterocycles. The van der Waals surface area contributed by atoms with Crippen molar-refractivity contribution >= 4 is 11.9 Å². The lowest BCUT2D eigenvalue weighted by Crippen LogP contribution is -1.97. The van der Waals surface area contributed by atoms with Gasteiger partial charge in [0.25, 0.3) is 0 Å². The van der Waals surface area contributed by atoms with E-state index in [4.69, 9.17) is 5.11 Å². The number of methoxy groups -OCH3 is 1. The Labute approximate surface area is 90.2 Å². The molecule has 0 aliphatic carbocycles. The molecular formula is C11H18O4. The van der Waals surface area contributed by atoms with Gasteiger partial charge in [0.1, 0.15) is 0 Å². The maximum absolute atomic E-state index is 10.1. The second-order valence-corrected chi connectivity index (χ2v) is 2.74. The van der Waals surface area contributed by atoms with Crippen LogP contribution in [-0.2, 0) is 14.3 Å². The number of ether oxygens (including phenoxy) is 1. The summed E-state index contributed by atoms with van der Waals surface area (Å²) in [5, 5.41) is 8.31. The number of unbranched alkanes of at least 4 members (excludes halogenated alkanes) is 1. The minimum absolute atomic E-state index is 0.317. The highest BCUT2D eigenvalue weighted by molar-refractivity contribution is 5.85. The van der Waals surface area contributed by atoms with E-state index in [1.165, 1.54) is 7.11 Å². The van der Waals surface area contributed by atoms with Crippen molar-refractivity contribution in [2.45, 2.75) is 26.2 Å². The minimum Gasteiger partial charge on any atom is -0.478 e. The molecule has 0 radical (unpaired) electrons. The van der Waals surface area contributed by atoms with Gasteiger partial charge in [-0.15, -0.1) is 0 Å². The first-order valence-corrected chi connectivity index (χ1v) is 4.61. The molecule has 0 aromatic rings. The van der Waals surface area contributed by atoms with Gasteiger partial charge in [0.05, 0.1) is 7.11 Å². The van der Waals surface area contributed by atoms with Gasteiger partial charge < -0.3 is 9.84 Å². The number of aliphatic carboxylic acids is 1. The molecule has 0 saturated carbocycles. The summed E-state index contributed by atoms with van der Waals surface area (Å²) in [5.74, 6) is -1.27. The first-order valence-electron chi connectivity index (χ1n) is 4.61. The molecule has 0 fully saturated rings. The molecule has 0 unspecified atom stereocenters. The zero-order valence-corrected chi connectivity index (χ0v) is 9.28. The van der Waals surface area contributed by atoms with Gasteiger partial charge in [0.2, 0.25) is 0 Å². The van der Waals surface area contributed by atoms with Crippen LogP contribution in [0, 0.1) is 0 Å². The van der Waals surface area contributed by atoms with Gasteiger partial charge in [0, 0.05) is 11.6 Å². The van der Waals surface area contributed by atoms with Crippen molar-refractivity contribution in [1.29, 1.82) is 0 Å². The zero-order valence-electron chi connectivity index (χ0n) is 9.28. The molecule has 4 nitrogen and oxygen atoms in total. The second-order valence-electron chi connectivity index (χ2n) is 2.74. The van der Waals surface area contributed by atoms with Crippen LogP contribution >= 0.6 is 0 Å². The van der Waals surface area contributed by atoms with Crippen molar-refractivity contribution in [2.24, 2.45) is 0 Å². The van der Waals surface area contributed by atoms with Crippen molar-refractivity contribution in [3.63, 3.8) is 0 Å². The SMILES string of the molecule is C=C(CCCC)C(=O)O.C=CC(=O)OC. The van der Waals surface area contributed by atoms with E-state index in [0.717, 1.165) is 18.9 Å². The summed E-state index contributed by atoms with van der Waals surface area (Å²) in [6.07, 6.45) is 3.67. The number of carboxylic acids is 1. The molecule has 1 N–H and O–H groups in total. The maximum Gasteiger partial charge on any atom is 0.330 e. The lowest BCUT2D eigenvalue weighted by atomic mass is 10.1. The van der Waals surface area contributed by atoms with E-state index in [1.54, 1.807) is 0 Å². The van der Waals surface area contributed by atoms with Gasteiger partial charge in [-0.3, -0.25) is 0 Å². The van der Waals surface area contributed by atoms with Crippen molar-refractivity contribution in [3.8, 4) is 0 Å². The average molecular weight is 214 g/mol. The first-order chi connectivity index (χ1) is 6.99. The fourth-order valence-corrected chi connectivity index (χ4v) is 0.580. The molecule has 0 spiro atoms. The van der Waals surface area contributed by atoms with Crippen LogP contribution in [0.2, 0.25) is 0 Å². The summed E-state index contributed by atoms with van der Waals surface area (Å²) in [6, 6.07) is 0. The predicted molar refractivity (Wildman–Crippen MR) is 58.5 cm³/mol. The standard InChI is InChI=1S/C7H12O2.C4H6O2/c1-3-4-5-6(2)7(8)9;1-3-4(5)6-2/h2-5H2,1H3,(H,8,9);3H,1H2,2H3. The van der Waals surface area contributed by atoms with Gasteiger partial charge in [-0.05, 0) is 12.8 Å². The fraction of sp³-hybridized carbons (Fsp3) is 0.455. The van der Waals surface area contributed by atoms with Crippen LogP contribution in [0.15, 0.2) is 24.8 Å². The number of hydrogen-bond acceptors (Lipinski definition) is 3.